The van der Waals surface area contributed by atoms with E-state index in [1.807, 2.05) is 0 Å². The first kappa shape index (κ1) is 12.1. The van der Waals surface area contributed by atoms with Gasteiger partial charge in [-0.3, -0.25) is 4.79 Å². The Morgan fingerprint density at radius 3 is 2.78 bits per heavy atom. The lowest BCUT2D eigenvalue weighted by Gasteiger charge is -2.19. The summed E-state index contributed by atoms with van der Waals surface area (Å²) < 4.78 is 0. The van der Waals surface area contributed by atoms with Crippen LogP contribution in [0.2, 0.25) is 0 Å². The zero-order valence-corrected chi connectivity index (χ0v) is 9.33. The van der Waals surface area contributed by atoms with Crippen LogP contribution in [0.1, 0.15) is 23.3 Å². The van der Waals surface area contributed by atoms with Crippen LogP contribution in [0.25, 0.3) is 0 Å². The minimum absolute atomic E-state index is 0.0369. The van der Waals surface area contributed by atoms with Crippen molar-refractivity contribution in [1.82, 2.24) is 9.88 Å². The molecule has 0 aromatic carbocycles. The van der Waals surface area contributed by atoms with E-state index in [-0.39, 0.29) is 11.5 Å². The van der Waals surface area contributed by atoms with Gasteiger partial charge in [0.2, 0.25) is 0 Å². The summed E-state index contributed by atoms with van der Waals surface area (Å²) in [5.74, 6) is -1.86. The van der Waals surface area contributed by atoms with Gasteiger partial charge in [0.05, 0.1) is 0 Å². The number of hydrogen-bond donors (Lipinski definition) is 2. The van der Waals surface area contributed by atoms with Gasteiger partial charge in [-0.05, 0) is 23.8 Å². The minimum atomic E-state index is -1.05. The predicted molar refractivity (Wildman–Crippen MR) is 59.1 cm³/mol. The molecule has 1 saturated heterocycles. The Balaban J connectivity index is 2.20. The number of carboxylic acid groups (broad SMARTS) is 1. The van der Waals surface area contributed by atoms with Gasteiger partial charge in [-0.2, -0.15) is 0 Å². The van der Waals surface area contributed by atoms with E-state index in [4.69, 9.17) is 5.11 Å². The van der Waals surface area contributed by atoms with Crippen molar-refractivity contribution in [2.75, 3.05) is 6.54 Å². The van der Waals surface area contributed by atoms with E-state index in [0.717, 1.165) is 0 Å². The number of likely N-dealkylation sites (tertiary alicyclic amines) is 1. The molecule has 1 aliphatic rings. The maximum atomic E-state index is 12.0. The van der Waals surface area contributed by atoms with Gasteiger partial charge < -0.3 is 20.1 Å². The van der Waals surface area contributed by atoms with Gasteiger partial charge in [-0.25, -0.2) is 9.78 Å². The molecule has 2 rings (SSSR count). The molecule has 96 valence electrons. The Morgan fingerprint density at radius 1 is 1.50 bits per heavy atom. The molecule has 0 radical (unpaired) electrons. The molecule has 1 fully saturated rings. The fraction of sp³-hybridized carbons (Fsp3) is 0.400. The Hall–Kier alpha value is -2.38. The molecule has 2 N–H and O–H groups in total. The molecule has 8 nitrogen and oxygen atoms in total. The predicted octanol–water partition coefficient (Wildman–Crippen LogP) is 0.612. The van der Waals surface area contributed by atoms with Crippen LogP contribution < -0.4 is 0 Å². The fourth-order valence-electron chi connectivity index (χ4n) is 2.04. The van der Waals surface area contributed by atoms with E-state index < -0.39 is 22.8 Å². The van der Waals surface area contributed by atoms with Crippen LogP contribution in [-0.2, 0) is 4.79 Å². The number of carbonyl (C=O) groups is 2. The SMILES string of the molecule is O=C(O)[C@@H]1CCCN1C(=O)c1ccc([N+](=O)[O-])[nH]1. The summed E-state index contributed by atoms with van der Waals surface area (Å²) in [6.45, 7) is 0.350. The number of H-pyrrole nitrogens is 1. The van der Waals surface area contributed by atoms with Gasteiger partial charge in [0, 0.05) is 12.6 Å². The Kier molecular flexibility index (Phi) is 3.00. The largest absolute Gasteiger partial charge is 0.480 e. The number of rotatable bonds is 3. The lowest BCUT2D eigenvalue weighted by molar-refractivity contribution is -0.389. The van der Waals surface area contributed by atoms with Gasteiger partial charge in [-0.15, -0.1) is 0 Å². The van der Waals surface area contributed by atoms with Crippen molar-refractivity contribution in [2.45, 2.75) is 18.9 Å². The number of amides is 1. The molecule has 1 amide bonds. The number of nitrogens with one attached hydrogen (secondary N) is 1. The fourth-order valence-corrected chi connectivity index (χ4v) is 2.04. The topological polar surface area (TPSA) is 117 Å². The van der Waals surface area contributed by atoms with Gasteiger partial charge in [0.25, 0.3) is 5.91 Å². The van der Waals surface area contributed by atoms with E-state index in [1.54, 1.807) is 0 Å². The Morgan fingerprint density at radius 2 is 2.22 bits per heavy atom. The Labute approximate surface area is 101 Å². The third kappa shape index (κ3) is 2.04. The molecule has 1 aliphatic heterocycles. The normalized spacial score (nSPS) is 18.9. The first-order valence-electron chi connectivity index (χ1n) is 5.38. The third-order valence-corrected chi connectivity index (χ3v) is 2.90. The standard InChI is InChI=1S/C10H11N3O5/c14-9(6-3-4-8(11-6)13(17)18)12-5-1-2-7(12)10(15)16/h3-4,7,11H,1-2,5H2,(H,15,16)/t7-/m0/s1. The molecule has 1 aromatic heterocycles. The number of carboxylic acids is 1. The van der Waals surface area contributed by atoms with Crippen LogP contribution in [0, 0.1) is 10.1 Å². The molecule has 2 heterocycles. The number of aliphatic carboxylic acids is 1. The summed E-state index contributed by atoms with van der Waals surface area (Å²) in [6, 6.07) is 1.62. The second kappa shape index (κ2) is 4.47. The van der Waals surface area contributed by atoms with Crippen molar-refractivity contribution in [3.8, 4) is 0 Å². The highest BCUT2D eigenvalue weighted by Gasteiger charge is 2.36. The molecular formula is C10H11N3O5. The number of nitrogens with zero attached hydrogens (tertiary/aromatic N) is 2. The van der Waals surface area contributed by atoms with Gasteiger partial charge >= 0.3 is 11.8 Å². The van der Waals surface area contributed by atoms with Crippen molar-refractivity contribution in [2.24, 2.45) is 0 Å². The summed E-state index contributed by atoms with van der Waals surface area (Å²) in [7, 11) is 0. The van der Waals surface area contributed by atoms with Crippen molar-refractivity contribution < 1.29 is 19.6 Å². The molecule has 1 atom stereocenters. The average molecular weight is 253 g/mol. The Bertz CT molecular complexity index is 509. The highest BCUT2D eigenvalue weighted by molar-refractivity contribution is 5.95. The molecule has 18 heavy (non-hydrogen) atoms. The van der Waals surface area contributed by atoms with Crippen LogP contribution in [0.15, 0.2) is 12.1 Å². The molecular weight excluding hydrogens is 242 g/mol. The summed E-state index contributed by atoms with van der Waals surface area (Å²) in [5, 5.41) is 19.4. The molecule has 0 spiro atoms. The number of carbonyl (C=O) groups excluding carboxylic acids is 1. The second-order valence-electron chi connectivity index (χ2n) is 4.01. The van der Waals surface area contributed by atoms with E-state index in [1.165, 1.54) is 17.0 Å². The molecule has 0 unspecified atom stereocenters. The van der Waals surface area contributed by atoms with Gasteiger partial charge in [0.1, 0.15) is 6.04 Å². The number of aromatic nitrogens is 1. The van der Waals surface area contributed by atoms with E-state index in [9.17, 15) is 19.7 Å². The van der Waals surface area contributed by atoms with Crippen molar-refractivity contribution in [3.05, 3.63) is 27.9 Å². The smallest absolute Gasteiger partial charge is 0.326 e. The van der Waals surface area contributed by atoms with Crippen LogP contribution in [0.5, 0.6) is 0 Å². The molecule has 0 aliphatic carbocycles. The summed E-state index contributed by atoms with van der Waals surface area (Å²) >= 11 is 0. The molecule has 0 saturated carbocycles. The molecule has 1 aromatic rings. The van der Waals surface area contributed by atoms with Crippen LogP contribution in [-0.4, -0.2) is 44.4 Å². The molecule has 8 heteroatoms. The number of aromatic amines is 1. The monoisotopic (exact) mass is 253 g/mol. The molecule has 0 bridgehead atoms. The highest BCUT2D eigenvalue weighted by Crippen LogP contribution is 2.21. The lowest BCUT2D eigenvalue weighted by Crippen LogP contribution is -2.40. The van der Waals surface area contributed by atoms with Crippen LogP contribution in [0.4, 0.5) is 5.82 Å². The quantitative estimate of drug-likeness (QED) is 0.604. The number of nitro groups is 1. The summed E-state index contributed by atoms with van der Waals surface area (Å²) in [5.41, 5.74) is 0.0369. The van der Waals surface area contributed by atoms with E-state index in [2.05, 4.69) is 4.98 Å². The summed E-state index contributed by atoms with van der Waals surface area (Å²) in [6.07, 6.45) is 1.02. The van der Waals surface area contributed by atoms with Crippen molar-refractivity contribution in [1.29, 1.82) is 0 Å². The van der Waals surface area contributed by atoms with Crippen molar-refractivity contribution in [3.63, 3.8) is 0 Å². The second-order valence-corrected chi connectivity index (χ2v) is 4.01. The van der Waals surface area contributed by atoms with E-state index in [0.29, 0.717) is 19.4 Å². The van der Waals surface area contributed by atoms with Gasteiger partial charge in [-0.1, -0.05) is 0 Å². The van der Waals surface area contributed by atoms with E-state index >= 15 is 0 Å². The minimum Gasteiger partial charge on any atom is -0.480 e. The van der Waals surface area contributed by atoms with Crippen molar-refractivity contribution >= 4 is 17.7 Å². The first-order valence-corrected chi connectivity index (χ1v) is 5.38. The average Bonchev–Trinajstić information content (AvgIpc) is 2.97. The summed E-state index contributed by atoms with van der Waals surface area (Å²) in [4.78, 5) is 36.4. The zero-order valence-electron chi connectivity index (χ0n) is 9.33. The maximum absolute atomic E-state index is 12.0. The van der Waals surface area contributed by atoms with Crippen LogP contribution in [0.3, 0.4) is 0 Å². The highest BCUT2D eigenvalue weighted by atomic mass is 16.6. The third-order valence-electron chi connectivity index (χ3n) is 2.90. The van der Waals surface area contributed by atoms with Gasteiger partial charge in [0.15, 0.2) is 5.69 Å². The maximum Gasteiger partial charge on any atom is 0.326 e. The number of hydrogen-bond acceptors (Lipinski definition) is 4. The van der Waals surface area contributed by atoms with Crippen LogP contribution >= 0.6 is 0 Å². The lowest BCUT2D eigenvalue weighted by atomic mass is 10.2. The first-order chi connectivity index (χ1) is 8.50. The zero-order chi connectivity index (χ0) is 13.3.